The maximum atomic E-state index is 5.52. The van der Waals surface area contributed by atoms with E-state index >= 15 is 0 Å². The summed E-state index contributed by atoms with van der Waals surface area (Å²) in [6.45, 7) is 2.11. The molecule has 0 atom stereocenters. The second kappa shape index (κ2) is 7.27. The highest BCUT2D eigenvalue weighted by molar-refractivity contribution is 5.74. The van der Waals surface area contributed by atoms with E-state index in [1.165, 1.54) is 0 Å². The highest BCUT2D eigenvalue weighted by atomic mass is 16.7. The van der Waals surface area contributed by atoms with Crippen molar-refractivity contribution in [2.75, 3.05) is 38.8 Å². The monoisotopic (exact) mass is 355 g/mol. The van der Waals surface area contributed by atoms with Crippen LogP contribution in [0.3, 0.4) is 0 Å². The minimum atomic E-state index is -0.130. The zero-order valence-electron chi connectivity index (χ0n) is 14.8. The lowest BCUT2D eigenvalue weighted by atomic mass is 10.1. The Kier molecular flexibility index (Phi) is 4.68. The number of benzene rings is 1. The van der Waals surface area contributed by atoms with Gasteiger partial charge in [-0.25, -0.2) is 0 Å². The first-order chi connectivity index (χ1) is 12.7. The summed E-state index contributed by atoms with van der Waals surface area (Å²) in [5.41, 5.74) is 3.52. The number of methoxy groups -OCH3 is 1. The molecule has 1 aliphatic heterocycles. The van der Waals surface area contributed by atoms with Crippen molar-refractivity contribution in [3.05, 3.63) is 36.7 Å². The van der Waals surface area contributed by atoms with Gasteiger partial charge < -0.3 is 19.1 Å². The first kappa shape index (κ1) is 16.7. The van der Waals surface area contributed by atoms with Crippen molar-refractivity contribution in [3.8, 4) is 17.0 Å². The first-order valence-corrected chi connectivity index (χ1v) is 8.54. The molecule has 0 radical (unpaired) electrons. The van der Waals surface area contributed by atoms with Crippen LogP contribution in [-0.2, 0) is 9.47 Å². The molecule has 0 N–H and O–H groups in total. The Morgan fingerprint density at radius 3 is 2.73 bits per heavy atom. The lowest BCUT2D eigenvalue weighted by Gasteiger charge is -2.21. The highest BCUT2D eigenvalue weighted by Gasteiger charge is 2.18. The van der Waals surface area contributed by atoms with Crippen molar-refractivity contribution in [3.63, 3.8) is 0 Å². The fraction of sp³-hybridized carbons (Fsp3) is 0.389. The van der Waals surface area contributed by atoms with Gasteiger partial charge in [-0.1, -0.05) is 0 Å². The number of hydrogen-bond donors (Lipinski definition) is 0. The second-order valence-electron chi connectivity index (χ2n) is 6.12. The number of ether oxygens (including phenoxy) is 3. The molecule has 8 heteroatoms. The molecular weight excluding hydrogens is 334 g/mol. The Hall–Kier alpha value is -2.71. The van der Waals surface area contributed by atoms with Crippen LogP contribution in [0, 0.1) is 0 Å². The summed E-state index contributed by atoms with van der Waals surface area (Å²) in [5, 5.41) is 12.8. The van der Waals surface area contributed by atoms with Crippen LogP contribution in [0.5, 0.6) is 5.75 Å². The molecule has 2 aromatic heterocycles. The Balaban J connectivity index is 1.63. The number of hydrogen-bond acceptors (Lipinski definition) is 7. The molecule has 1 fully saturated rings. The Morgan fingerprint density at radius 2 is 2.00 bits per heavy atom. The van der Waals surface area contributed by atoms with Crippen molar-refractivity contribution >= 4 is 11.3 Å². The van der Waals surface area contributed by atoms with E-state index in [-0.39, 0.29) is 6.29 Å². The zero-order chi connectivity index (χ0) is 17.9. The van der Waals surface area contributed by atoms with Crippen molar-refractivity contribution in [2.45, 2.75) is 12.7 Å². The number of fused-ring (bicyclic) bond motifs is 1. The Bertz CT molecular complexity index is 874. The van der Waals surface area contributed by atoms with Crippen molar-refractivity contribution in [1.29, 1.82) is 0 Å². The molecular formula is C18H21N5O3. The molecule has 0 aliphatic carbocycles. The normalized spacial score (nSPS) is 14.8. The molecule has 0 bridgehead atoms. The van der Waals surface area contributed by atoms with Gasteiger partial charge in [-0.3, -0.25) is 0 Å². The maximum Gasteiger partial charge on any atom is 0.200 e. The van der Waals surface area contributed by atoms with Gasteiger partial charge in [0.1, 0.15) is 12.1 Å². The number of nitrogens with zero attached hydrogens (tertiary/aromatic N) is 5. The van der Waals surface area contributed by atoms with Gasteiger partial charge in [0.25, 0.3) is 0 Å². The molecule has 3 aromatic rings. The molecule has 0 saturated carbocycles. The van der Waals surface area contributed by atoms with Gasteiger partial charge in [-0.05, 0) is 30.3 Å². The lowest BCUT2D eigenvalue weighted by Crippen LogP contribution is -2.24. The molecule has 1 aromatic carbocycles. The molecule has 0 spiro atoms. The second-order valence-corrected chi connectivity index (χ2v) is 6.12. The Labute approximate surface area is 151 Å². The summed E-state index contributed by atoms with van der Waals surface area (Å²) in [6.07, 6.45) is 2.27. The van der Waals surface area contributed by atoms with Crippen LogP contribution in [-0.4, -0.2) is 60.0 Å². The van der Waals surface area contributed by atoms with Gasteiger partial charge in [0, 0.05) is 25.6 Å². The molecule has 4 rings (SSSR count). The average molecular weight is 355 g/mol. The van der Waals surface area contributed by atoms with E-state index in [9.17, 15) is 0 Å². The van der Waals surface area contributed by atoms with Gasteiger partial charge in [0.15, 0.2) is 6.29 Å². The van der Waals surface area contributed by atoms with Crippen LogP contribution in [0.25, 0.3) is 16.9 Å². The predicted molar refractivity (Wildman–Crippen MR) is 96.3 cm³/mol. The summed E-state index contributed by atoms with van der Waals surface area (Å²) in [4.78, 5) is 2.13. The van der Waals surface area contributed by atoms with Gasteiger partial charge in [0.2, 0.25) is 5.65 Å². The highest BCUT2D eigenvalue weighted by Crippen LogP contribution is 2.27. The van der Waals surface area contributed by atoms with E-state index in [2.05, 4.69) is 20.2 Å². The fourth-order valence-corrected chi connectivity index (χ4v) is 2.99. The molecule has 3 heterocycles. The Morgan fingerprint density at radius 1 is 1.23 bits per heavy atom. The van der Waals surface area contributed by atoms with Crippen LogP contribution < -0.4 is 9.64 Å². The van der Waals surface area contributed by atoms with E-state index in [1.807, 2.05) is 37.4 Å². The van der Waals surface area contributed by atoms with Crippen LogP contribution in [0.2, 0.25) is 0 Å². The van der Waals surface area contributed by atoms with E-state index in [0.29, 0.717) is 13.2 Å². The SMILES string of the molecule is COc1ccc(-c2cc(N(C)CCC3OCCO3)c3nncn3n2)cc1. The number of anilines is 1. The predicted octanol–water partition coefficient (Wildman–Crippen LogP) is 2.00. The minimum absolute atomic E-state index is 0.130. The largest absolute Gasteiger partial charge is 0.497 e. The quantitative estimate of drug-likeness (QED) is 0.669. The van der Waals surface area contributed by atoms with Crippen LogP contribution in [0.1, 0.15) is 6.42 Å². The average Bonchev–Trinajstić information content (AvgIpc) is 3.36. The summed E-state index contributed by atoms with van der Waals surface area (Å²) in [6, 6.07) is 9.85. The molecule has 1 saturated heterocycles. The zero-order valence-corrected chi connectivity index (χ0v) is 14.8. The van der Waals surface area contributed by atoms with E-state index in [0.717, 1.165) is 41.3 Å². The van der Waals surface area contributed by atoms with Gasteiger partial charge in [0.05, 0.1) is 31.7 Å². The molecule has 0 amide bonds. The van der Waals surface area contributed by atoms with Crippen molar-refractivity contribution in [1.82, 2.24) is 19.8 Å². The third-order valence-corrected chi connectivity index (χ3v) is 4.44. The van der Waals surface area contributed by atoms with Crippen LogP contribution >= 0.6 is 0 Å². The van der Waals surface area contributed by atoms with Gasteiger partial charge in [-0.15, -0.1) is 10.2 Å². The third-order valence-electron chi connectivity index (χ3n) is 4.44. The van der Waals surface area contributed by atoms with Crippen LogP contribution in [0.15, 0.2) is 36.7 Å². The smallest absolute Gasteiger partial charge is 0.200 e. The molecule has 136 valence electrons. The van der Waals surface area contributed by atoms with Crippen LogP contribution in [0.4, 0.5) is 5.69 Å². The van der Waals surface area contributed by atoms with E-state index in [1.54, 1.807) is 18.0 Å². The standard InChI is InChI=1S/C18H21N5O3/c1-22(8-7-17-25-9-10-26-17)16-11-15(21-23-12-19-20-18(16)23)13-3-5-14(24-2)6-4-13/h3-6,11-12,17H,7-10H2,1-2H3. The van der Waals surface area contributed by atoms with Crippen molar-refractivity contribution in [2.24, 2.45) is 0 Å². The first-order valence-electron chi connectivity index (χ1n) is 8.54. The molecule has 0 unspecified atom stereocenters. The van der Waals surface area contributed by atoms with E-state index in [4.69, 9.17) is 14.2 Å². The fourth-order valence-electron chi connectivity index (χ4n) is 2.99. The number of rotatable bonds is 6. The minimum Gasteiger partial charge on any atom is -0.497 e. The van der Waals surface area contributed by atoms with Gasteiger partial charge in [-0.2, -0.15) is 9.61 Å². The lowest BCUT2D eigenvalue weighted by molar-refractivity contribution is -0.0447. The maximum absolute atomic E-state index is 5.52. The van der Waals surface area contributed by atoms with Crippen molar-refractivity contribution < 1.29 is 14.2 Å². The molecule has 26 heavy (non-hydrogen) atoms. The summed E-state index contributed by atoms with van der Waals surface area (Å²) in [5.74, 6) is 0.813. The molecule has 1 aliphatic rings. The number of aromatic nitrogens is 4. The summed E-state index contributed by atoms with van der Waals surface area (Å²) in [7, 11) is 3.68. The van der Waals surface area contributed by atoms with Gasteiger partial charge >= 0.3 is 0 Å². The third kappa shape index (κ3) is 3.33. The topological polar surface area (TPSA) is 74.0 Å². The summed E-state index contributed by atoms with van der Waals surface area (Å²) < 4.78 is 18.0. The summed E-state index contributed by atoms with van der Waals surface area (Å²) >= 11 is 0. The molecule has 8 nitrogen and oxygen atoms in total. The van der Waals surface area contributed by atoms with E-state index < -0.39 is 0 Å².